The predicted octanol–water partition coefficient (Wildman–Crippen LogP) is 8.57. The zero-order chi connectivity index (χ0) is 46.7. The molecule has 0 aliphatic rings. The van der Waals surface area contributed by atoms with Crippen LogP contribution in [0.1, 0.15) is 73.6 Å². The quantitative estimate of drug-likeness (QED) is 0.0371. The topological polar surface area (TPSA) is 155 Å². The summed E-state index contributed by atoms with van der Waals surface area (Å²) in [5, 5.41) is 38.2. The van der Waals surface area contributed by atoms with Gasteiger partial charge >= 0.3 is 0 Å². The number of rotatable bonds is 30. The zero-order valence-corrected chi connectivity index (χ0v) is 39.6. The van der Waals surface area contributed by atoms with Gasteiger partial charge in [0.15, 0.2) is 46.0 Å². The van der Waals surface area contributed by atoms with Crippen LogP contribution < -0.4 is 37.9 Å². The first-order valence-electron chi connectivity index (χ1n) is 22.5. The van der Waals surface area contributed by atoms with Gasteiger partial charge in [-0.2, -0.15) is 0 Å². The van der Waals surface area contributed by atoms with Crippen LogP contribution >= 0.6 is 0 Å². The molecule has 4 aromatic carbocycles. The number of hydrogen-bond acceptors (Lipinski definition) is 12. The molecule has 0 aliphatic heterocycles. The average molecular weight is 893 g/mol. The Kier molecular flexibility index (Phi) is 25.3. The van der Waals surface area contributed by atoms with Crippen LogP contribution in [0, 0.1) is 23.7 Å². The van der Waals surface area contributed by atoms with E-state index in [2.05, 4.69) is 24.3 Å². The van der Waals surface area contributed by atoms with Crippen molar-refractivity contribution >= 4 is 0 Å². The largest absolute Gasteiger partial charge is 0.493 e. The van der Waals surface area contributed by atoms with Crippen molar-refractivity contribution in [3.63, 3.8) is 0 Å². The lowest BCUT2D eigenvalue weighted by Gasteiger charge is -2.28. The van der Waals surface area contributed by atoms with E-state index in [0.29, 0.717) is 59.2 Å². The van der Waals surface area contributed by atoms with Crippen LogP contribution in [0.15, 0.2) is 72.8 Å². The molecule has 0 aromatic heterocycles. The summed E-state index contributed by atoms with van der Waals surface area (Å²) < 4.78 is 43.4. The van der Waals surface area contributed by atoms with E-state index in [1.165, 1.54) is 11.1 Å². The lowest BCUT2D eigenvalue weighted by atomic mass is 9.78. The molecule has 0 saturated carbocycles. The summed E-state index contributed by atoms with van der Waals surface area (Å²) >= 11 is 0. The molecule has 64 heavy (non-hydrogen) atoms. The summed E-state index contributed by atoms with van der Waals surface area (Å²) in [5.74, 6) is 6.97. The molecule has 0 unspecified atom stereocenters. The van der Waals surface area contributed by atoms with Crippen molar-refractivity contribution < 1.29 is 58.3 Å². The highest BCUT2D eigenvalue weighted by atomic mass is 16.5. The summed E-state index contributed by atoms with van der Waals surface area (Å²) in [6.07, 6.45) is 10.2. The van der Waals surface area contributed by atoms with E-state index in [9.17, 15) is 20.4 Å². The van der Waals surface area contributed by atoms with Gasteiger partial charge in [0.05, 0.1) is 56.9 Å². The minimum Gasteiger partial charge on any atom is -0.493 e. The molecule has 4 atom stereocenters. The third-order valence-corrected chi connectivity index (χ3v) is 12.1. The molecule has 0 aliphatic carbocycles. The molecule has 0 saturated heterocycles. The standard InChI is InChI=1S/2C26H38O6/c2*1-29-23-10-8-19(17-25(23)31-3)15-21(7-5-6-13-27)22(12-14-28)16-20-9-11-24(30-2)26(18-20)32-4/h2*8-11,17-18,21-22,27-28H,5-7,12-16H2,1-4H3/t2*21-,22-/m10/s1. The van der Waals surface area contributed by atoms with Crippen LogP contribution in [0.3, 0.4) is 0 Å². The van der Waals surface area contributed by atoms with Gasteiger partial charge in [-0.05, 0) is 159 Å². The molecule has 4 aromatic rings. The van der Waals surface area contributed by atoms with E-state index < -0.39 is 0 Å². The Morgan fingerprint density at radius 2 is 0.531 bits per heavy atom. The van der Waals surface area contributed by atoms with E-state index in [1.54, 1.807) is 56.9 Å². The molecule has 0 bridgehead atoms. The fourth-order valence-corrected chi connectivity index (χ4v) is 8.63. The minimum atomic E-state index is 0.139. The Bertz CT molecular complexity index is 1750. The van der Waals surface area contributed by atoms with Crippen molar-refractivity contribution in [1.29, 1.82) is 0 Å². The van der Waals surface area contributed by atoms with Gasteiger partial charge in [0.2, 0.25) is 0 Å². The van der Waals surface area contributed by atoms with Crippen LogP contribution in [-0.2, 0) is 25.7 Å². The summed E-state index contributed by atoms with van der Waals surface area (Å²) in [7, 11) is 13.1. The van der Waals surface area contributed by atoms with Gasteiger partial charge in [-0.1, -0.05) is 37.1 Å². The number of aliphatic hydroxyl groups is 4. The van der Waals surface area contributed by atoms with Crippen LogP contribution in [0.5, 0.6) is 46.0 Å². The second kappa shape index (κ2) is 30.3. The Hall–Kier alpha value is -4.88. The molecule has 0 radical (unpaired) electrons. The minimum absolute atomic E-state index is 0.139. The molecule has 0 spiro atoms. The van der Waals surface area contributed by atoms with Gasteiger partial charge in [0, 0.05) is 26.4 Å². The SMILES string of the molecule is COc1ccc(C[C@@H](CCO)[C@H](CCCCO)Cc2ccc(OC)c(OC)c2)cc1OC.COc1ccc(C[C@H](CCO)[C@@H](CCCCO)Cc2ccc(OC)c(OC)c2)cc1OC. The maximum absolute atomic E-state index is 9.81. The van der Waals surface area contributed by atoms with Crippen LogP contribution in [0.4, 0.5) is 0 Å². The van der Waals surface area contributed by atoms with E-state index in [1.807, 2.05) is 48.5 Å². The van der Waals surface area contributed by atoms with Gasteiger partial charge < -0.3 is 58.3 Å². The average Bonchev–Trinajstić information content (AvgIpc) is 3.33. The van der Waals surface area contributed by atoms with E-state index in [-0.39, 0.29) is 38.3 Å². The molecule has 4 rings (SSSR count). The molecular formula is C52H76O12. The zero-order valence-electron chi connectivity index (χ0n) is 39.6. The maximum Gasteiger partial charge on any atom is 0.160 e. The number of hydrogen-bond donors (Lipinski definition) is 4. The number of unbranched alkanes of at least 4 members (excludes halogenated alkanes) is 2. The van der Waals surface area contributed by atoms with Gasteiger partial charge in [0.25, 0.3) is 0 Å². The Labute approximate surface area is 382 Å². The fraction of sp³-hybridized carbons (Fsp3) is 0.538. The summed E-state index contributed by atoms with van der Waals surface area (Å²) in [5.41, 5.74) is 4.65. The molecule has 0 amide bonds. The number of aliphatic hydroxyl groups excluding tert-OH is 4. The highest BCUT2D eigenvalue weighted by molar-refractivity contribution is 5.45. The van der Waals surface area contributed by atoms with Crippen molar-refractivity contribution in [2.24, 2.45) is 23.7 Å². The summed E-state index contributed by atoms with van der Waals surface area (Å²) in [4.78, 5) is 0. The number of benzene rings is 4. The smallest absolute Gasteiger partial charge is 0.160 e. The monoisotopic (exact) mass is 893 g/mol. The van der Waals surface area contributed by atoms with Crippen LogP contribution in [-0.4, -0.2) is 104 Å². The Balaban J connectivity index is 0.000000340. The van der Waals surface area contributed by atoms with Crippen LogP contribution in [0.2, 0.25) is 0 Å². The Morgan fingerprint density at radius 3 is 0.734 bits per heavy atom. The second-order valence-electron chi connectivity index (χ2n) is 16.1. The first kappa shape index (κ1) is 53.5. The van der Waals surface area contributed by atoms with E-state index >= 15 is 0 Å². The van der Waals surface area contributed by atoms with Crippen molar-refractivity contribution in [2.45, 2.75) is 77.0 Å². The fourth-order valence-electron chi connectivity index (χ4n) is 8.63. The van der Waals surface area contributed by atoms with Gasteiger partial charge in [0.1, 0.15) is 0 Å². The highest BCUT2D eigenvalue weighted by Crippen LogP contribution is 2.37. The first-order chi connectivity index (χ1) is 31.2. The van der Waals surface area contributed by atoms with Crippen LogP contribution in [0.25, 0.3) is 0 Å². The van der Waals surface area contributed by atoms with Crippen molar-refractivity contribution in [3.8, 4) is 46.0 Å². The molecule has 4 N–H and O–H groups in total. The van der Waals surface area contributed by atoms with Crippen molar-refractivity contribution in [1.82, 2.24) is 0 Å². The third-order valence-electron chi connectivity index (χ3n) is 12.1. The normalized spacial score (nSPS) is 12.8. The molecule has 0 fully saturated rings. The molecule has 356 valence electrons. The molecular weight excluding hydrogens is 817 g/mol. The molecule has 0 heterocycles. The van der Waals surface area contributed by atoms with Gasteiger partial charge in [-0.15, -0.1) is 0 Å². The second-order valence-corrected chi connectivity index (χ2v) is 16.1. The summed E-state index contributed by atoms with van der Waals surface area (Å²) in [6, 6.07) is 24.1. The first-order valence-corrected chi connectivity index (χ1v) is 22.5. The van der Waals surface area contributed by atoms with Crippen molar-refractivity contribution in [3.05, 3.63) is 95.1 Å². The number of ether oxygens (including phenoxy) is 8. The lowest BCUT2D eigenvalue weighted by Crippen LogP contribution is -2.21. The Morgan fingerprint density at radius 1 is 0.297 bits per heavy atom. The summed E-state index contributed by atoms with van der Waals surface area (Å²) in [6.45, 7) is 0.674. The maximum atomic E-state index is 9.81. The highest BCUT2D eigenvalue weighted by Gasteiger charge is 2.25. The molecule has 12 heteroatoms. The van der Waals surface area contributed by atoms with Gasteiger partial charge in [-0.3, -0.25) is 0 Å². The van der Waals surface area contributed by atoms with Crippen molar-refractivity contribution in [2.75, 3.05) is 83.3 Å². The van der Waals surface area contributed by atoms with E-state index in [0.717, 1.165) is 86.8 Å². The molecule has 12 nitrogen and oxygen atoms in total. The number of methoxy groups -OCH3 is 8. The lowest BCUT2D eigenvalue weighted by molar-refractivity contribution is 0.203. The third kappa shape index (κ3) is 16.9. The van der Waals surface area contributed by atoms with E-state index in [4.69, 9.17) is 37.9 Å². The van der Waals surface area contributed by atoms with Gasteiger partial charge in [-0.25, -0.2) is 0 Å². The predicted molar refractivity (Wildman–Crippen MR) is 252 cm³/mol.